The van der Waals surface area contributed by atoms with Gasteiger partial charge in [-0.3, -0.25) is 0 Å². The summed E-state index contributed by atoms with van der Waals surface area (Å²) in [4.78, 5) is 0. The summed E-state index contributed by atoms with van der Waals surface area (Å²) < 4.78 is 0. The lowest BCUT2D eigenvalue weighted by atomic mass is 9.69. The fourth-order valence-corrected chi connectivity index (χ4v) is 5.76. The van der Waals surface area contributed by atoms with Crippen molar-refractivity contribution in [1.29, 1.82) is 0 Å². The van der Waals surface area contributed by atoms with E-state index in [-0.39, 0.29) is 0 Å². The maximum Gasteiger partial charge on any atom is -0.0233 e. The van der Waals surface area contributed by atoms with Crippen LogP contribution in [-0.2, 0) is 0 Å². The van der Waals surface area contributed by atoms with Crippen LogP contribution in [0.2, 0.25) is 0 Å². The molecule has 136 valence electrons. The van der Waals surface area contributed by atoms with Gasteiger partial charge in [-0.15, -0.1) is 6.58 Å². The number of hydrogen-bond donors (Lipinski definition) is 0. The van der Waals surface area contributed by atoms with E-state index in [1.807, 2.05) is 0 Å². The monoisotopic (exact) mass is 328 g/mol. The van der Waals surface area contributed by atoms with E-state index in [4.69, 9.17) is 0 Å². The minimum atomic E-state index is 0.799. The van der Waals surface area contributed by atoms with Crippen LogP contribution in [0.5, 0.6) is 0 Å². The Labute approximate surface area is 151 Å². The fraction of sp³-hybridized carbons (Fsp3) is 0.833. The number of allylic oxidation sites excluding steroid dienone is 3. The van der Waals surface area contributed by atoms with E-state index < -0.39 is 0 Å². The van der Waals surface area contributed by atoms with Crippen molar-refractivity contribution < 1.29 is 0 Å². The molecule has 0 saturated heterocycles. The van der Waals surface area contributed by atoms with Crippen molar-refractivity contribution in [2.75, 3.05) is 0 Å². The van der Waals surface area contributed by atoms with Crippen LogP contribution in [0.3, 0.4) is 0 Å². The molecule has 0 N–H and O–H groups in total. The van der Waals surface area contributed by atoms with Gasteiger partial charge in [0.15, 0.2) is 0 Å². The molecule has 0 heterocycles. The zero-order valence-electron chi connectivity index (χ0n) is 16.1. The Bertz CT molecular complexity index is 382. The molecule has 0 heteroatoms. The van der Waals surface area contributed by atoms with Gasteiger partial charge in [0.2, 0.25) is 0 Å². The Morgan fingerprint density at radius 2 is 1.04 bits per heavy atom. The van der Waals surface area contributed by atoms with E-state index in [2.05, 4.69) is 31.7 Å². The van der Waals surface area contributed by atoms with Crippen LogP contribution in [0, 0.1) is 35.5 Å². The molecule has 0 spiro atoms. The molecule has 0 amide bonds. The largest absolute Gasteiger partial charge is 0.103 e. The van der Waals surface area contributed by atoms with Crippen LogP contribution >= 0.6 is 0 Å². The van der Waals surface area contributed by atoms with Gasteiger partial charge in [0, 0.05) is 0 Å². The zero-order valence-corrected chi connectivity index (χ0v) is 16.1. The summed E-state index contributed by atoms with van der Waals surface area (Å²) in [6.07, 6.45) is 26.4. The van der Waals surface area contributed by atoms with Crippen molar-refractivity contribution in [1.82, 2.24) is 0 Å². The third kappa shape index (κ3) is 4.99. The van der Waals surface area contributed by atoms with Gasteiger partial charge >= 0.3 is 0 Å². The zero-order chi connectivity index (χ0) is 16.8. The van der Waals surface area contributed by atoms with Gasteiger partial charge in [0.05, 0.1) is 0 Å². The van der Waals surface area contributed by atoms with E-state index in [0.717, 1.165) is 35.5 Å². The molecule has 0 aliphatic heterocycles. The van der Waals surface area contributed by atoms with E-state index in [1.54, 1.807) is 0 Å². The Morgan fingerprint density at radius 1 is 0.625 bits per heavy atom. The molecule has 0 aromatic carbocycles. The second-order valence-corrected chi connectivity index (χ2v) is 9.16. The molecule has 24 heavy (non-hydrogen) atoms. The Kier molecular flexibility index (Phi) is 7.05. The molecular weight excluding hydrogens is 288 g/mol. The fourth-order valence-electron chi connectivity index (χ4n) is 5.76. The van der Waals surface area contributed by atoms with Crippen molar-refractivity contribution >= 4 is 0 Å². The topological polar surface area (TPSA) is 0 Å². The lowest BCUT2D eigenvalue weighted by Gasteiger charge is -2.37. The molecule has 3 aliphatic rings. The summed E-state index contributed by atoms with van der Waals surface area (Å²) in [5, 5.41) is 0. The average Bonchev–Trinajstić information content (AvgIpc) is 2.67. The van der Waals surface area contributed by atoms with Gasteiger partial charge in [0.25, 0.3) is 0 Å². The minimum Gasteiger partial charge on any atom is -0.103 e. The standard InChI is InChI=1S/C24H40/c1-3-19-5-7-21(8-6-19)9-10-22-13-17-24(18-14-22)23-15-11-20(4-2)12-16-23/h3,9-10,19-24H,1,4-8,11-18H2,2H3/b10-9+. The summed E-state index contributed by atoms with van der Waals surface area (Å²) in [5.41, 5.74) is 0. The normalized spacial score (nSPS) is 41.4. The van der Waals surface area contributed by atoms with Crippen molar-refractivity contribution in [2.24, 2.45) is 35.5 Å². The number of rotatable bonds is 5. The van der Waals surface area contributed by atoms with Crippen molar-refractivity contribution in [3.63, 3.8) is 0 Å². The molecule has 0 aromatic heterocycles. The summed E-state index contributed by atoms with van der Waals surface area (Å²) in [6.45, 7) is 6.35. The molecular formula is C24H40. The molecule has 0 unspecified atom stereocenters. The van der Waals surface area contributed by atoms with Gasteiger partial charge in [-0.25, -0.2) is 0 Å². The highest BCUT2D eigenvalue weighted by molar-refractivity contribution is 4.98. The van der Waals surface area contributed by atoms with E-state index in [9.17, 15) is 0 Å². The Morgan fingerprint density at radius 3 is 1.50 bits per heavy atom. The van der Waals surface area contributed by atoms with E-state index in [1.165, 1.54) is 83.5 Å². The summed E-state index contributed by atoms with van der Waals surface area (Å²) in [5.74, 6) is 5.75. The highest BCUT2D eigenvalue weighted by atomic mass is 14.4. The third-order valence-electron chi connectivity index (χ3n) is 7.76. The molecule has 3 fully saturated rings. The van der Waals surface area contributed by atoms with Crippen LogP contribution in [0.25, 0.3) is 0 Å². The molecule has 0 aromatic rings. The predicted molar refractivity (Wildman–Crippen MR) is 106 cm³/mol. The van der Waals surface area contributed by atoms with Gasteiger partial charge in [-0.1, -0.05) is 44.4 Å². The number of hydrogen-bond acceptors (Lipinski definition) is 0. The lowest BCUT2D eigenvalue weighted by molar-refractivity contribution is 0.154. The van der Waals surface area contributed by atoms with E-state index in [0.29, 0.717) is 0 Å². The summed E-state index contributed by atoms with van der Waals surface area (Å²) in [6, 6.07) is 0. The predicted octanol–water partition coefficient (Wildman–Crippen LogP) is 7.56. The maximum absolute atomic E-state index is 3.97. The average molecular weight is 329 g/mol. The van der Waals surface area contributed by atoms with Gasteiger partial charge in [-0.05, 0) is 99.7 Å². The first kappa shape index (κ1) is 18.3. The van der Waals surface area contributed by atoms with Gasteiger partial charge in [0.1, 0.15) is 0 Å². The highest BCUT2D eigenvalue weighted by Gasteiger charge is 2.30. The molecule has 0 atom stereocenters. The molecule has 0 nitrogen and oxygen atoms in total. The molecule has 0 bridgehead atoms. The second kappa shape index (κ2) is 9.25. The van der Waals surface area contributed by atoms with Crippen LogP contribution < -0.4 is 0 Å². The van der Waals surface area contributed by atoms with Crippen molar-refractivity contribution in [3.8, 4) is 0 Å². The Balaban J connectivity index is 1.36. The second-order valence-electron chi connectivity index (χ2n) is 9.16. The van der Waals surface area contributed by atoms with Gasteiger partial charge in [-0.2, -0.15) is 0 Å². The maximum atomic E-state index is 3.97. The van der Waals surface area contributed by atoms with Gasteiger partial charge < -0.3 is 0 Å². The quantitative estimate of drug-likeness (QED) is 0.457. The molecule has 0 radical (unpaired) electrons. The van der Waals surface area contributed by atoms with Crippen LogP contribution in [-0.4, -0.2) is 0 Å². The molecule has 3 rings (SSSR count). The smallest absolute Gasteiger partial charge is 0.0233 e. The highest BCUT2D eigenvalue weighted by Crippen LogP contribution is 2.42. The molecule has 3 saturated carbocycles. The van der Waals surface area contributed by atoms with Crippen molar-refractivity contribution in [3.05, 3.63) is 24.8 Å². The lowest BCUT2D eigenvalue weighted by Crippen LogP contribution is -2.25. The van der Waals surface area contributed by atoms with Crippen LogP contribution in [0.1, 0.15) is 90.4 Å². The van der Waals surface area contributed by atoms with E-state index >= 15 is 0 Å². The van der Waals surface area contributed by atoms with Crippen molar-refractivity contribution in [2.45, 2.75) is 90.4 Å². The minimum absolute atomic E-state index is 0.799. The SMILES string of the molecule is C=CC1CCC(/C=C/C2CCC(C3CCC(CC)CC3)CC2)CC1. The summed E-state index contributed by atoms with van der Waals surface area (Å²) in [7, 11) is 0. The van der Waals surface area contributed by atoms with Crippen LogP contribution in [0.4, 0.5) is 0 Å². The van der Waals surface area contributed by atoms with Crippen LogP contribution in [0.15, 0.2) is 24.8 Å². The first-order valence-corrected chi connectivity index (χ1v) is 11.1. The first-order valence-electron chi connectivity index (χ1n) is 11.1. The summed E-state index contributed by atoms with van der Waals surface area (Å²) >= 11 is 0. The Hall–Kier alpha value is -0.520. The third-order valence-corrected chi connectivity index (χ3v) is 7.76. The first-order chi connectivity index (χ1) is 11.8. The molecule has 3 aliphatic carbocycles.